The fourth-order valence-corrected chi connectivity index (χ4v) is 3.23. The number of hydrogen-bond acceptors (Lipinski definition) is 6. The van der Waals surface area contributed by atoms with Crippen LogP contribution in [0.5, 0.6) is 11.5 Å². The Balaban J connectivity index is 2.12. The summed E-state index contributed by atoms with van der Waals surface area (Å²) >= 11 is 3.40. The van der Waals surface area contributed by atoms with Crippen LogP contribution in [-0.2, 0) is 10.2 Å². The molecule has 0 N–H and O–H groups in total. The summed E-state index contributed by atoms with van der Waals surface area (Å²) in [7, 11) is 1.48. The minimum atomic E-state index is -0.440. The van der Waals surface area contributed by atoms with Gasteiger partial charge in [0.2, 0.25) is 0 Å². The first-order chi connectivity index (χ1) is 14.1. The van der Waals surface area contributed by atoms with E-state index in [1.165, 1.54) is 18.7 Å². The largest absolute Gasteiger partial charge is 0.493 e. The summed E-state index contributed by atoms with van der Waals surface area (Å²) in [6.45, 7) is 7.24. The van der Waals surface area contributed by atoms with Gasteiger partial charge in [0, 0.05) is 16.8 Å². The van der Waals surface area contributed by atoms with Crippen LogP contribution in [0.15, 0.2) is 50.8 Å². The van der Waals surface area contributed by atoms with Gasteiger partial charge in [-0.2, -0.15) is 9.78 Å². The van der Waals surface area contributed by atoms with Gasteiger partial charge in [-0.05, 0) is 42.0 Å². The standard InChI is InChI=1S/C22H22BrN3O4/c1-13(27)30-18-9-6-14(10-19(18)29-5)12-24-26-20(28)16-11-15(23)7-8-17(16)25-21(26)22(2,3)4/h6-12H,1-5H3. The van der Waals surface area contributed by atoms with Crippen LogP contribution in [0.2, 0.25) is 0 Å². The summed E-state index contributed by atoms with van der Waals surface area (Å²) in [5.74, 6) is 0.802. The number of esters is 1. The molecule has 0 saturated carbocycles. The van der Waals surface area contributed by atoms with E-state index in [4.69, 9.17) is 9.47 Å². The van der Waals surface area contributed by atoms with E-state index in [0.717, 1.165) is 4.47 Å². The molecule has 1 aromatic heterocycles. The lowest BCUT2D eigenvalue weighted by Gasteiger charge is -2.20. The third-order valence-corrected chi connectivity index (χ3v) is 4.74. The molecule has 0 aliphatic carbocycles. The smallest absolute Gasteiger partial charge is 0.308 e. The molecule has 0 bridgehead atoms. The van der Waals surface area contributed by atoms with Crippen molar-refractivity contribution in [2.75, 3.05) is 7.11 Å². The number of benzene rings is 2. The van der Waals surface area contributed by atoms with Crippen molar-refractivity contribution < 1.29 is 14.3 Å². The molecule has 156 valence electrons. The van der Waals surface area contributed by atoms with Crippen molar-refractivity contribution in [2.24, 2.45) is 5.10 Å². The SMILES string of the molecule is COc1cc(C=Nn2c(C(C)(C)C)nc3ccc(Br)cc3c2=O)ccc1OC(C)=O. The molecule has 0 aliphatic heterocycles. The van der Waals surface area contributed by atoms with E-state index in [9.17, 15) is 9.59 Å². The van der Waals surface area contributed by atoms with Gasteiger partial charge in [0.05, 0.1) is 24.2 Å². The van der Waals surface area contributed by atoms with Crippen LogP contribution in [0.3, 0.4) is 0 Å². The molecular formula is C22H22BrN3O4. The van der Waals surface area contributed by atoms with Crippen molar-refractivity contribution in [3.63, 3.8) is 0 Å². The Hall–Kier alpha value is -3.00. The van der Waals surface area contributed by atoms with Gasteiger partial charge < -0.3 is 9.47 Å². The summed E-state index contributed by atoms with van der Waals surface area (Å²) < 4.78 is 12.5. The van der Waals surface area contributed by atoms with E-state index >= 15 is 0 Å². The van der Waals surface area contributed by atoms with Crippen molar-refractivity contribution in [1.82, 2.24) is 9.66 Å². The molecule has 2 aromatic carbocycles. The molecule has 0 aliphatic rings. The predicted molar refractivity (Wildman–Crippen MR) is 120 cm³/mol. The molecule has 3 aromatic rings. The highest BCUT2D eigenvalue weighted by molar-refractivity contribution is 9.10. The van der Waals surface area contributed by atoms with E-state index < -0.39 is 11.4 Å². The van der Waals surface area contributed by atoms with Crippen molar-refractivity contribution >= 4 is 39.0 Å². The Kier molecular flexibility index (Phi) is 6.07. The first-order valence-electron chi connectivity index (χ1n) is 9.24. The molecule has 8 heteroatoms. The molecule has 0 unspecified atom stereocenters. The maximum atomic E-state index is 13.2. The van der Waals surface area contributed by atoms with Crippen molar-refractivity contribution in [2.45, 2.75) is 33.1 Å². The molecule has 0 amide bonds. The highest BCUT2D eigenvalue weighted by atomic mass is 79.9. The maximum absolute atomic E-state index is 13.2. The third kappa shape index (κ3) is 4.59. The Bertz CT molecular complexity index is 1210. The van der Waals surface area contributed by atoms with Crippen molar-refractivity contribution in [3.8, 4) is 11.5 Å². The summed E-state index contributed by atoms with van der Waals surface area (Å²) in [5, 5.41) is 4.90. The number of rotatable bonds is 4. The first kappa shape index (κ1) is 21.7. The van der Waals surface area contributed by atoms with Crippen LogP contribution >= 0.6 is 15.9 Å². The van der Waals surface area contributed by atoms with E-state index in [1.54, 1.807) is 30.5 Å². The zero-order chi connectivity index (χ0) is 22.1. The van der Waals surface area contributed by atoms with Crippen LogP contribution in [0, 0.1) is 0 Å². The summed E-state index contributed by atoms with van der Waals surface area (Å²) in [6.07, 6.45) is 1.54. The van der Waals surface area contributed by atoms with Gasteiger partial charge in [-0.1, -0.05) is 36.7 Å². The molecule has 0 radical (unpaired) electrons. The number of halogens is 1. The number of carbonyl (C=O) groups excluding carboxylic acids is 1. The predicted octanol–water partition coefficient (Wildman–Crippen LogP) is 4.27. The normalized spacial score (nSPS) is 11.8. The number of fused-ring (bicyclic) bond motifs is 1. The lowest BCUT2D eigenvalue weighted by atomic mass is 9.95. The third-order valence-electron chi connectivity index (χ3n) is 4.24. The van der Waals surface area contributed by atoms with Gasteiger partial charge in [0.15, 0.2) is 11.5 Å². The number of methoxy groups -OCH3 is 1. The van der Waals surface area contributed by atoms with Crippen LogP contribution in [0.4, 0.5) is 0 Å². The maximum Gasteiger partial charge on any atom is 0.308 e. The number of nitrogens with zero attached hydrogens (tertiary/aromatic N) is 3. The van der Waals surface area contributed by atoms with Gasteiger partial charge in [-0.25, -0.2) is 4.98 Å². The van der Waals surface area contributed by atoms with Crippen LogP contribution < -0.4 is 15.0 Å². The Morgan fingerprint density at radius 1 is 1.17 bits per heavy atom. The van der Waals surface area contributed by atoms with Crippen LogP contribution in [-0.4, -0.2) is 29.0 Å². The van der Waals surface area contributed by atoms with Crippen LogP contribution in [0.1, 0.15) is 39.1 Å². The second-order valence-corrected chi connectivity index (χ2v) is 8.63. The summed E-state index contributed by atoms with van der Waals surface area (Å²) in [6, 6.07) is 10.4. The molecule has 30 heavy (non-hydrogen) atoms. The molecule has 0 fully saturated rings. The topological polar surface area (TPSA) is 82.8 Å². The lowest BCUT2D eigenvalue weighted by molar-refractivity contribution is -0.132. The summed E-state index contributed by atoms with van der Waals surface area (Å²) in [5.41, 5.74) is 0.621. The highest BCUT2D eigenvalue weighted by Crippen LogP contribution is 2.28. The Morgan fingerprint density at radius 2 is 1.90 bits per heavy atom. The van der Waals surface area contributed by atoms with Gasteiger partial charge in [0.25, 0.3) is 5.56 Å². The molecule has 7 nitrogen and oxygen atoms in total. The van der Waals surface area contributed by atoms with Gasteiger partial charge in [-0.3, -0.25) is 9.59 Å². The summed E-state index contributed by atoms with van der Waals surface area (Å²) in [4.78, 5) is 29.1. The zero-order valence-corrected chi connectivity index (χ0v) is 19.0. The average Bonchev–Trinajstić information content (AvgIpc) is 2.67. The molecule has 0 spiro atoms. The molecule has 0 atom stereocenters. The van der Waals surface area contributed by atoms with Gasteiger partial charge >= 0.3 is 5.97 Å². The number of carbonyl (C=O) groups is 1. The number of ether oxygens (including phenoxy) is 2. The fraction of sp³-hybridized carbons (Fsp3) is 0.273. The second-order valence-electron chi connectivity index (χ2n) is 7.71. The fourth-order valence-electron chi connectivity index (χ4n) is 2.87. The monoisotopic (exact) mass is 471 g/mol. The molecule has 3 rings (SSSR count). The van der Waals surface area contributed by atoms with Crippen molar-refractivity contribution in [3.05, 3.63) is 62.6 Å². The van der Waals surface area contributed by atoms with Gasteiger partial charge in [0.1, 0.15) is 5.82 Å². The first-order valence-corrected chi connectivity index (χ1v) is 10.0. The number of aromatic nitrogens is 2. The van der Waals surface area contributed by atoms with E-state index in [1.807, 2.05) is 32.9 Å². The minimum absolute atomic E-state index is 0.258. The van der Waals surface area contributed by atoms with E-state index in [0.29, 0.717) is 33.8 Å². The average molecular weight is 472 g/mol. The Morgan fingerprint density at radius 3 is 2.53 bits per heavy atom. The van der Waals surface area contributed by atoms with E-state index in [2.05, 4.69) is 26.0 Å². The second kappa shape index (κ2) is 8.39. The quantitative estimate of drug-likeness (QED) is 0.322. The lowest BCUT2D eigenvalue weighted by Crippen LogP contribution is -2.29. The molecule has 0 saturated heterocycles. The molecular weight excluding hydrogens is 450 g/mol. The number of hydrogen-bond donors (Lipinski definition) is 0. The zero-order valence-electron chi connectivity index (χ0n) is 17.4. The molecule has 1 heterocycles. The Labute approximate surface area is 182 Å². The van der Waals surface area contributed by atoms with Crippen molar-refractivity contribution in [1.29, 1.82) is 0 Å². The van der Waals surface area contributed by atoms with Crippen LogP contribution in [0.25, 0.3) is 10.9 Å². The highest BCUT2D eigenvalue weighted by Gasteiger charge is 2.23. The van der Waals surface area contributed by atoms with E-state index in [-0.39, 0.29) is 5.56 Å². The van der Waals surface area contributed by atoms with Gasteiger partial charge in [-0.15, -0.1) is 0 Å². The minimum Gasteiger partial charge on any atom is -0.493 e.